The van der Waals surface area contributed by atoms with E-state index in [1.54, 1.807) is 11.1 Å². The summed E-state index contributed by atoms with van der Waals surface area (Å²) in [7, 11) is 0. The molecule has 2 saturated carbocycles. The van der Waals surface area contributed by atoms with Crippen molar-refractivity contribution in [1.82, 2.24) is 0 Å². The van der Waals surface area contributed by atoms with E-state index in [-0.39, 0.29) is 5.60 Å². The highest BCUT2D eigenvalue weighted by atomic mass is 127. The highest BCUT2D eigenvalue weighted by molar-refractivity contribution is 14.1. The first-order chi connectivity index (χ1) is 11.5. The van der Waals surface area contributed by atoms with Crippen molar-refractivity contribution in [1.29, 1.82) is 0 Å². The molecule has 130 valence electrons. The number of alkyl halides is 1. The van der Waals surface area contributed by atoms with Crippen molar-refractivity contribution in [3.05, 3.63) is 22.8 Å². The first kappa shape index (κ1) is 16.0. The second-order valence-corrected chi connectivity index (χ2v) is 10.4. The summed E-state index contributed by atoms with van der Waals surface area (Å²) in [6.45, 7) is 3.53. The zero-order valence-corrected chi connectivity index (χ0v) is 16.7. The van der Waals surface area contributed by atoms with Crippen LogP contribution in [0.2, 0.25) is 0 Å². The van der Waals surface area contributed by atoms with Crippen molar-refractivity contribution in [2.24, 2.45) is 17.3 Å². The molecule has 3 heteroatoms. The quantitative estimate of drug-likeness (QED) is 0.386. The lowest BCUT2D eigenvalue weighted by Gasteiger charge is -2.54. The Hall–Kier alpha value is -0.160. The fraction of sp³-hybridized carbons (Fsp3) is 0.762. The molecule has 1 aliphatic heterocycles. The van der Waals surface area contributed by atoms with Crippen LogP contribution in [-0.2, 0) is 9.53 Å². The van der Waals surface area contributed by atoms with Gasteiger partial charge < -0.3 is 4.74 Å². The molecule has 5 unspecified atom stereocenters. The number of halogens is 1. The Balaban J connectivity index is 1.58. The van der Waals surface area contributed by atoms with Crippen LogP contribution in [0.1, 0.15) is 64.7 Å². The van der Waals surface area contributed by atoms with Crippen molar-refractivity contribution in [2.45, 2.75) is 74.2 Å². The first-order valence-corrected chi connectivity index (χ1v) is 11.0. The van der Waals surface area contributed by atoms with E-state index in [1.165, 1.54) is 44.1 Å². The molecule has 4 aliphatic carbocycles. The summed E-state index contributed by atoms with van der Waals surface area (Å²) in [5.41, 5.74) is 5.23. The normalized spacial score (nSPS) is 47.5. The average Bonchev–Trinajstić information content (AvgIpc) is 3.14. The summed E-state index contributed by atoms with van der Waals surface area (Å²) in [5, 5.41) is 0. The second-order valence-electron chi connectivity index (χ2n) is 8.90. The molecule has 0 radical (unpaired) electrons. The van der Waals surface area contributed by atoms with Gasteiger partial charge in [-0.25, -0.2) is 0 Å². The maximum absolute atomic E-state index is 11.8. The molecule has 5 rings (SSSR count). The van der Waals surface area contributed by atoms with Gasteiger partial charge in [-0.05, 0) is 80.4 Å². The van der Waals surface area contributed by atoms with Gasteiger partial charge in [0.2, 0.25) is 0 Å². The van der Waals surface area contributed by atoms with Crippen molar-refractivity contribution in [3.63, 3.8) is 0 Å². The van der Waals surface area contributed by atoms with Gasteiger partial charge >= 0.3 is 0 Å². The Morgan fingerprint density at radius 2 is 2.08 bits per heavy atom. The Morgan fingerprint density at radius 1 is 1.21 bits per heavy atom. The van der Waals surface area contributed by atoms with E-state index < -0.39 is 0 Å². The average molecular weight is 438 g/mol. The van der Waals surface area contributed by atoms with Crippen LogP contribution in [0.4, 0.5) is 0 Å². The molecular weight excluding hydrogens is 411 g/mol. The summed E-state index contributed by atoms with van der Waals surface area (Å²) in [6.07, 6.45) is 12.5. The Morgan fingerprint density at radius 3 is 2.88 bits per heavy atom. The number of allylic oxidation sites excluding steroid dienone is 4. The number of carbonyl (C=O) groups is 1. The summed E-state index contributed by atoms with van der Waals surface area (Å²) in [6, 6.07) is 0. The van der Waals surface area contributed by atoms with Crippen molar-refractivity contribution < 1.29 is 9.53 Å². The van der Waals surface area contributed by atoms with Gasteiger partial charge in [-0.3, -0.25) is 4.79 Å². The predicted octanol–water partition coefficient (Wildman–Crippen LogP) is 5.16. The summed E-state index contributed by atoms with van der Waals surface area (Å²) in [4.78, 5) is 11.8. The zero-order valence-electron chi connectivity index (χ0n) is 14.6. The third-order valence-corrected chi connectivity index (χ3v) is 9.18. The minimum absolute atomic E-state index is 0.177. The van der Waals surface area contributed by atoms with Crippen molar-refractivity contribution in [3.8, 4) is 0 Å². The number of hydrogen-bond acceptors (Lipinski definition) is 2. The third-order valence-electron chi connectivity index (χ3n) is 8.06. The lowest BCUT2D eigenvalue weighted by atomic mass is 9.54. The minimum atomic E-state index is 0.177. The van der Waals surface area contributed by atoms with Gasteiger partial charge in [0.1, 0.15) is 0 Å². The minimum Gasteiger partial charge on any atom is -0.374 e. The van der Waals surface area contributed by atoms with Crippen LogP contribution in [0.5, 0.6) is 0 Å². The molecule has 5 aliphatic rings. The fourth-order valence-corrected chi connectivity index (χ4v) is 8.74. The van der Waals surface area contributed by atoms with Crippen LogP contribution >= 0.6 is 22.6 Å². The number of ether oxygens (including phenoxy) is 1. The number of carbonyl (C=O) groups excluding carboxylic acids is 1. The smallest absolute Gasteiger partial charge is 0.156 e. The fourth-order valence-electron chi connectivity index (χ4n) is 6.99. The highest BCUT2D eigenvalue weighted by Crippen LogP contribution is 2.67. The van der Waals surface area contributed by atoms with Crippen LogP contribution in [0.25, 0.3) is 0 Å². The maximum atomic E-state index is 11.8. The van der Waals surface area contributed by atoms with E-state index in [0.717, 1.165) is 37.7 Å². The largest absolute Gasteiger partial charge is 0.374 e. The summed E-state index contributed by atoms with van der Waals surface area (Å²) >= 11 is 2.72. The molecule has 0 aromatic carbocycles. The number of hydrogen-bond donors (Lipinski definition) is 0. The molecular formula is C21H27IO2. The van der Waals surface area contributed by atoms with E-state index in [0.29, 0.717) is 15.1 Å². The third kappa shape index (κ3) is 2.00. The summed E-state index contributed by atoms with van der Waals surface area (Å²) in [5.74, 6) is 1.88. The molecule has 1 spiro atoms. The summed E-state index contributed by atoms with van der Waals surface area (Å²) < 4.78 is 7.07. The van der Waals surface area contributed by atoms with E-state index in [4.69, 9.17) is 4.74 Å². The SMILES string of the molecule is CC12CC(I)C3=C4CCC(=O)C=C4CCC3C1CCC21CCCO1. The molecule has 1 heterocycles. The van der Waals surface area contributed by atoms with Crippen molar-refractivity contribution >= 4 is 28.4 Å². The lowest BCUT2D eigenvalue weighted by Crippen LogP contribution is -2.52. The van der Waals surface area contributed by atoms with Gasteiger partial charge in [0.25, 0.3) is 0 Å². The standard InChI is InChI=1S/C21H27IO2/c1-20-12-18(22)19-15-6-4-14(23)11-13(15)3-5-16(19)17(20)7-9-21(20)8-2-10-24-21/h11,16-18H,2-10,12H2,1H3. The molecule has 24 heavy (non-hydrogen) atoms. The molecule has 0 aromatic rings. The van der Waals surface area contributed by atoms with Crippen molar-refractivity contribution in [2.75, 3.05) is 6.61 Å². The molecule has 2 nitrogen and oxygen atoms in total. The second kappa shape index (κ2) is 5.42. The topological polar surface area (TPSA) is 26.3 Å². The van der Waals surface area contributed by atoms with E-state index in [9.17, 15) is 4.79 Å². The molecule has 0 bridgehead atoms. The molecule has 5 atom stereocenters. The molecule has 0 amide bonds. The molecule has 0 aromatic heterocycles. The van der Waals surface area contributed by atoms with E-state index in [2.05, 4.69) is 29.5 Å². The van der Waals surface area contributed by atoms with Gasteiger partial charge in [-0.1, -0.05) is 35.1 Å². The molecule has 1 saturated heterocycles. The van der Waals surface area contributed by atoms with Gasteiger partial charge in [-0.2, -0.15) is 0 Å². The van der Waals surface area contributed by atoms with Crippen LogP contribution in [-0.4, -0.2) is 21.9 Å². The van der Waals surface area contributed by atoms with Crippen LogP contribution < -0.4 is 0 Å². The molecule has 3 fully saturated rings. The maximum Gasteiger partial charge on any atom is 0.156 e. The van der Waals surface area contributed by atoms with Crippen LogP contribution in [0.15, 0.2) is 22.8 Å². The monoisotopic (exact) mass is 438 g/mol. The van der Waals surface area contributed by atoms with E-state index in [1.807, 2.05) is 6.08 Å². The van der Waals surface area contributed by atoms with E-state index >= 15 is 0 Å². The van der Waals surface area contributed by atoms with Gasteiger partial charge in [0, 0.05) is 22.4 Å². The van der Waals surface area contributed by atoms with Gasteiger partial charge in [-0.15, -0.1) is 0 Å². The Bertz CT molecular complexity index is 655. The van der Waals surface area contributed by atoms with Crippen LogP contribution in [0.3, 0.4) is 0 Å². The Kier molecular flexibility index (Phi) is 3.62. The highest BCUT2D eigenvalue weighted by Gasteiger charge is 2.64. The van der Waals surface area contributed by atoms with Gasteiger partial charge in [0.15, 0.2) is 5.78 Å². The number of ketones is 1. The number of fused-ring (bicyclic) bond motifs is 5. The number of rotatable bonds is 0. The molecule has 0 N–H and O–H groups in total. The first-order valence-electron chi connectivity index (χ1n) is 9.79. The lowest BCUT2D eigenvalue weighted by molar-refractivity contribution is -0.114. The predicted molar refractivity (Wildman–Crippen MR) is 103 cm³/mol. The van der Waals surface area contributed by atoms with Gasteiger partial charge in [0.05, 0.1) is 5.60 Å². The van der Waals surface area contributed by atoms with Crippen LogP contribution in [0, 0.1) is 17.3 Å². The zero-order chi connectivity index (χ0) is 16.5. The Labute approximate surface area is 158 Å².